The second kappa shape index (κ2) is 5.35. The Labute approximate surface area is 123 Å². The number of nitrogens with one attached hydrogen (secondary N) is 2. The van der Waals surface area contributed by atoms with E-state index in [0.717, 1.165) is 25.8 Å². The summed E-state index contributed by atoms with van der Waals surface area (Å²) in [5.74, 6) is 0.754. The molecule has 2 N–H and O–H groups in total. The molecular weight excluding hydrogens is 268 g/mol. The second-order valence-electron chi connectivity index (χ2n) is 5.80. The fourth-order valence-electron chi connectivity index (χ4n) is 3.25. The molecule has 6 heteroatoms. The van der Waals surface area contributed by atoms with Gasteiger partial charge in [0.2, 0.25) is 5.91 Å². The van der Waals surface area contributed by atoms with Crippen LogP contribution >= 0.6 is 0 Å². The first kappa shape index (κ1) is 13.9. The van der Waals surface area contributed by atoms with Gasteiger partial charge in [-0.2, -0.15) is 0 Å². The molecule has 3 heterocycles. The third-order valence-corrected chi connectivity index (χ3v) is 4.50. The maximum absolute atomic E-state index is 12.6. The number of pyridine rings is 1. The van der Waals surface area contributed by atoms with E-state index in [1.165, 1.54) is 0 Å². The Bertz CT molecular complexity index is 575. The molecule has 1 spiro atoms. The van der Waals surface area contributed by atoms with E-state index in [1.54, 1.807) is 30.3 Å². The van der Waals surface area contributed by atoms with Gasteiger partial charge in [-0.25, -0.2) is 4.98 Å². The van der Waals surface area contributed by atoms with Crippen LogP contribution in [-0.4, -0.2) is 48.4 Å². The molecule has 0 radical (unpaired) electrons. The summed E-state index contributed by atoms with van der Waals surface area (Å²) in [7, 11) is 1.77. The monoisotopic (exact) mass is 288 g/mol. The van der Waals surface area contributed by atoms with E-state index in [9.17, 15) is 9.59 Å². The second-order valence-corrected chi connectivity index (χ2v) is 5.80. The predicted octanol–water partition coefficient (Wildman–Crippen LogP) is 0.866. The Morgan fingerprint density at radius 3 is 3.10 bits per heavy atom. The van der Waals surface area contributed by atoms with Gasteiger partial charge in [-0.05, 0) is 31.4 Å². The number of carbonyl (C=O) groups is 2. The lowest BCUT2D eigenvalue weighted by Gasteiger charge is -2.32. The van der Waals surface area contributed by atoms with Crippen LogP contribution in [0.2, 0.25) is 0 Å². The molecule has 2 fully saturated rings. The average molecular weight is 288 g/mol. The summed E-state index contributed by atoms with van der Waals surface area (Å²) in [6.45, 7) is 1.92. The van der Waals surface area contributed by atoms with Crippen LogP contribution < -0.4 is 10.6 Å². The van der Waals surface area contributed by atoms with Crippen LogP contribution in [0.15, 0.2) is 18.3 Å². The van der Waals surface area contributed by atoms with Gasteiger partial charge in [-0.1, -0.05) is 0 Å². The predicted molar refractivity (Wildman–Crippen MR) is 79.0 cm³/mol. The number of likely N-dealkylation sites (tertiary alicyclic amines) is 1. The Kier molecular flexibility index (Phi) is 3.53. The Balaban J connectivity index is 1.76. The molecule has 2 aliphatic rings. The number of aromatic nitrogens is 1. The third kappa shape index (κ3) is 2.46. The zero-order chi connectivity index (χ0) is 14.9. The average Bonchev–Trinajstić information content (AvgIpc) is 2.95. The number of anilines is 1. The van der Waals surface area contributed by atoms with Gasteiger partial charge in [0.15, 0.2) is 0 Å². The third-order valence-electron chi connectivity index (χ3n) is 4.50. The van der Waals surface area contributed by atoms with Crippen LogP contribution in [0.3, 0.4) is 0 Å². The van der Waals surface area contributed by atoms with Crippen molar-refractivity contribution >= 4 is 17.6 Å². The number of carbonyl (C=O) groups excluding carboxylic acids is 2. The van der Waals surface area contributed by atoms with Gasteiger partial charge in [-0.15, -0.1) is 0 Å². The van der Waals surface area contributed by atoms with Gasteiger partial charge >= 0.3 is 0 Å². The van der Waals surface area contributed by atoms with Crippen LogP contribution in [0.5, 0.6) is 0 Å². The van der Waals surface area contributed by atoms with E-state index in [2.05, 4.69) is 15.6 Å². The van der Waals surface area contributed by atoms with E-state index in [1.807, 2.05) is 0 Å². The van der Waals surface area contributed by atoms with Crippen LogP contribution in [-0.2, 0) is 4.79 Å². The molecule has 112 valence electrons. The van der Waals surface area contributed by atoms with E-state index in [-0.39, 0.29) is 17.2 Å². The lowest BCUT2D eigenvalue weighted by atomic mass is 9.79. The number of hydrogen-bond donors (Lipinski definition) is 2. The zero-order valence-electron chi connectivity index (χ0n) is 12.2. The molecule has 6 nitrogen and oxygen atoms in total. The van der Waals surface area contributed by atoms with Gasteiger partial charge in [0.25, 0.3) is 5.91 Å². The standard InChI is InChI=1S/C15H20N4O2/c1-16-12-9-11(3-7-17-12)13(20)19-8-5-15(10-19)4-2-6-18-14(15)21/h3,7,9H,2,4-6,8,10H2,1H3,(H,16,17)(H,18,21)/t15-/m0/s1. The van der Waals surface area contributed by atoms with Crippen molar-refractivity contribution in [2.24, 2.45) is 5.41 Å². The molecule has 1 atom stereocenters. The summed E-state index contributed by atoms with van der Waals surface area (Å²) >= 11 is 0. The van der Waals surface area contributed by atoms with Gasteiger partial charge in [0.1, 0.15) is 5.82 Å². The maximum atomic E-state index is 12.6. The maximum Gasteiger partial charge on any atom is 0.254 e. The molecule has 0 aromatic carbocycles. The molecule has 0 unspecified atom stereocenters. The van der Waals surface area contributed by atoms with Gasteiger partial charge in [0.05, 0.1) is 5.41 Å². The van der Waals surface area contributed by atoms with Crippen molar-refractivity contribution in [3.63, 3.8) is 0 Å². The number of amides is 2. The highest BCUT2D eigenvalue weighted by molar-refractivity contribution is 5.96. The molecular formula is C15H20N4O2. The van der Waals surface area contributed by atoms with Crippen LogP contribution in [0.1, 0.15) is 29.6 Å². The molecule has 2 amide bonds. The summed E-state index contributed by atoms with van der Waals surface area (Å²) in [4.78, 5) is 30.6. The Hall–Kier alpha value is -2.11. The summed E-state index contributed by atoms with van der Waals surface area (Å²) in [5.41, 5.74) is 0.245. The molecule has 2 saturated heterocycles. The van der Waals surface area contributed by atoms with E-state index < -0.39 is 0 Å². The SMILES string of the molecule is CNc1cc(C(=O)N2CC[C@@]3(CCCNC3=O)C2)ccn1. The molecule has 21 heavy (non-hydrogen) atoms. The lowest BCUT2D eigenvalue weighted by molar-refractivity contribution is -0.132. The van der Waals surface area contributed by atoms with Crippen molar-refractivity contribution in [2.75, 3.05) is 32.0 Å². The zero-order valence-corrected chi connectivity index (χ0v) is 12.2. The Morgan fingerprint density at radius 1 is 1.48 bits per heavy atom. The van der Waals surface area contributed by atoms with Crippen molar-refractivity contribution in [1.82, 2.24) is 15.2 Å². The molecule has 1 aromatic heterocycles. The van der Waals surface area contributed by atoms with Crippen LogP contribution in [0.4, 0.5) is 5.82 Å². The molecule has 2 aliphatic heterocycles. The van der Waals surface area contributed by atoms with Gasteiger partial charge < -0.3 is 15.5 Å². The Morgan fingerprint density at radius 2 is 2.33 bits per heavy atom. The fraction of sp³-hybridized carbons (Fsp3) is 0.533. The minimum absolute atomic E-state index is 0.0239. The molecule has 0 aliphatic carbocycles. The summed E-state index contributed by atoms with van der Waals surface area (Å²) in [5, 5.41) is 5.87. The largest absolute Gasteiger partial charge is 0.373 e. The quantitative estimate of drug-likeness (QED) is 0.846. The lowest BCUT2D eigenvalue weighted by Crippen LogP contribution is -2.47. The number of hydrogen-bond acceptors (Lipinski definition) is 4. The highest BCUT2D eigenvalue weighted by atomic mass is 16.2. The van der Waals surface area contributed by atoms with E-state index in [0.29, 0.717) is 24.5 Å². The summed E-state index contributed by atoms with van der Waals surface area (Å²) in [6.07, 6.45) is 4.25. The van der Waals surface area contributed by atoms with Crippen LogP contribution in [0, 0.1) is 5.41 Å². The van der Waals surface area contributed by atoms with Crippen molar-refractivity contribution in [2.45, 2.75) is 19.3 Å². The minimum Gasteiger partial charge on any atom is -0.373 e. The minimum atomic E-state index is -0.368. The number of piperidine rings is 1. The number of rotatable bonds is 2. The summed E-state index contributed by atoms with van der Waals surface area (Å²) in [6, 6.07) is 3.46. The molecule has 3 rings (SSSR count). The first-order valence-electron chi connectivity index (χ1n) is 7.36. The van der Waals surface area contributed by atoms with Gasteiger partial charge in [-0.3, -0.25) is 9.59 Å². The molecule has 0 saturated carbocycles. The van der Waals surface area contributed by atoms with E-state index >= 15 is 0 Å². The van der Waals surface area contributed by atoms with Crippen molar-refractivity contribution in [1.29, 1.82) is 0 Å². The summed E-state index contributed by atoms with van der Waals surface area (Å²) < 4.78 is 0. The molecule has 1 aromatic rings. The fourth-order valence-corrected chi connectivity index (χ4v) is 3.25. The van der Waals surface area contributed by atoms with Crippen LogP contribution in [0.25, 0.3) is 0 Å². The first-order valence-corrected chi connectivity index (χ1v) is 7.36. The van der Waals surface area contributed by atoms with E-state index in [4.69, 9.17) is 0 Å². The van der Waals surface area contributed by atoms with Crippen molar-refractivity contribution < 1.29 is 9.59 Å². The highest BCUT2D eigenvalue weighted by Gasteiger charge is 2.46. The molecule has 0 bridgehead atoms. The highest BCUT2D eigenvalue weighted by Crippen LogP contribution is 2.37. The van der Waals surface area contributed by atoms with Crippen molar-refractivity contribution in [3.05, 3.63) is 23.9 Å². The normalized spacial score (nSPS) is 25.0. The first-order chi connectivity index (χ1) is 10.1. The van der Waals surface area contributed by atoms with Gasteiger partial charge in [0, 0.05) is 38.4 Å². The smallest absolute Gasteiger partial charge is 0.254 e. The van der Waals surface area contributed by atoms with Crippen molar-refractivity contribution in [3.8, 4) is 0 Å². The number of nitrogens with zero attached hydrogens (tertiary/aromatic N) is 2. The topological polar surface area (TPSA) is 74.3 Å².